The molecule has 136 valence electrons. The molecule has 0 aliphatic rings. The topological polar surface area (TPSA) is 38.5 Å². The van der Waals surface area contributed by atoms with E-state index in [0.29, 0.717) is 6.54 Å². The molecule has 4 nitrogen and oxygen atoms in total. The van der Waals surface area contributed by atoms with Crippen molar-refractivity contribution in [3.8, 4) is 17.0 Å². The van der Waals surface area contributed by atoms with E-state index in [1.807, 2.05) is 30.3 Å². The Morgan fingerprint density at radius 3 is 2.52 bits per heavy atom. The van der Waals surface area contributed by atoms with Crippen LogP contribution < -0.4 is 4.74 Å². The number of hydrogen-bond acceptors (Lipinski definition) is 4. The van der Waals surface area contributed by atoms with E-state index in [1.165, 1.54) is 16.3 Å². The number of para-hydroxylation sites is 1. The summed E-state index contributed by atoms with van der Waals surface area (Å²) in [6.07, 6.45) is 0. The van der Waals surface area contributed by atoms with Crippen molar-refractivity contribution in [3.05, 3.63) is 84.1 Å². The third-order valence-corrected chi connectivity index (χ3v) is 4.63. The van der Waals surface area contributed by atoms with Crippen LogP contribution in [0.25, 0.3) is 22.0 Å². The molecule has 4 aromatic rings. The summed E-state index contributed by atoms with van der Waals surface area (Å²) in [4.78, 5) is 2.22. The summed E-state index contributed by atoms with van der Waals surface area (Å²) in [6, 6.07) is 24.8. The van der Waals surface area contributed by atoms with E-state index in [-0.39, 0.29) is 0 Å². The van der Waals surface area contributed by atoms with Gasteiger partial charge in [-0.25, -0.2) is 0 Å². The lowest BCUT2D eigenvalue weighted by Crippen LogP contribution is -2.16. The van der Waals surface area contributed by atoms with Gasteiger partial charge in [0.25, 0.3) is 0 Å². The van der Waals surface area contributed by atoms with E-state index in [0.717, 1.165) is 29.3 Å². The minimum atomic E-state index is 0.689. The average molecular weight is 358 g/mol. The highest BCUT2D eigenvalue weighted by Gasteiger charge is 2.12. The van der Waals surface area contributed by atoms with Crippen LogP contribution in [0.5, 0.6) is 5.75 Å². The molecule has 0 saturated carbocycles. The van der Waals surface area contributed by atoms with Crippen LogP contribution in [0.4, 0.5) is 0 Å². The first-order chi connectivity index (χ1) is 13.2. The van der Waals surface area contributed by atoms with Gasteiger partial charge in [0.2, 0.25) is 0 Å². The standard InChI is InChI=1S/C23H22N2O2/c1-25(15-17-11-12-18-7-3-4-8-19(18)13-17)16-20-14-22(24-27-20)21-9-5-6-10-23(21)26-2/h3-14H,15-16H2,1-2H3. The summed E-state index contributed by atoms with van der Waals surface area (Å²) >= 11 is 0. The Bertz CT molecular complexity index is 1050. The zero-order chi connectivity index (χ0) is 18.6. The van der Waals surface area contributed by atoms with Gasteiger partial charge in [0.15, 0.2) is 5.76 Å². The van der Waals surface area contributed by atoms with Crippen LogP contribution in [-0.4, -0.2) is 24.2 Å². The maximum atomic E-state index is 5.55. The fourth-order valence-corrected chi connectivity index (χ4v) is 3.34. The highest BCUT2D eigenvalue weighted by Crippen LogP contribution is 2.29. The minimum absolute atomic E-state index is 0.689. The van der Waals surface area contributed by atoms with Crippen LogP contribution in [0.2, 0.25) is 0 Å². The molecular formula is C23H22N2O2. The monoisotopic (exact) mass is 358 g/mol. The zero-order valence-electron chi connectivity index (χ0n) is 15.6. The Morgan fingerprint density at radius 1 is 0.889 bits per heavy atom. The molecule has 0 spiro atoms. The molecular weight excluding hydrogens is 336 g/mol. The largest absolute Gasteiger partial charge is 0.496 e. The van der Waals surface area contributed by atoms with Crippen molar-refractivity contribution in [1.29, 1.82) is 0 Å². The Morgan fingerprint density at radius 2 is 1.67 bits per heavy atom. The number of nitrogens with zero attached hydrogens (tertiary/aromatic N) is 2. The molecule has 0 atom stereocenters. The lowest BCUT2D eigenvalue weighted by molar-refractivity contribution is 0.267. The third kappa shape index (κ3) is 3.86. The van der Waals surface area contributed by atoms with E-state index in [4.69, 9.17) is 9.26 Å². The van der Waals surface area contributed by atoms with Crippen LogP contribution in [-0.2, 0) is 13.1 Å². The summed E-state index contributed by atoms with van der Waals surface area (Å²) < 4.78 is 11.0. The number of aromatic nitrogens is 1. The molecule has 0 N–H and O–H groups in total. The summed E-state index contributed by atoms with van der Waals surface area (Å²) in [7, 11) is 3.75. The van der Waals surface area contributed by atoms with Gasteiger partial charge in [-0.3, -0.25) is 4.90 Å². The number of fused-ring (bicyclic) bond motifs is 1. The maximum absolute atomic E-state index is 5.55. The first kappa shape index (κ1) is 17.3. The fourth-order valence-electron chi connectivity index (χ4n) is 3.34. The summed E-state index contributed by atoms with van der Waals surface area (Å²) in [5.74, 6) is 1.63. The van der Waals surface area contributed by atoms with Crippen molar-refractivity contribution in [2.45, 2.75) is 13.1 Å². The molecule has 0 aliphatic carbocycles. The molecule has 0 bridgehead atoms. The Kier molecular flexibility index (Phi) is 4.90. The van der Waals surface area contributed by atoms with Crippen LogP contribution in [0.1, 0.15) is 11.3 Å². The van der Waals surface area contributed by atoms with Crippen molar-refractivity contribution in [2.75, 3.05) is 14.2 Å². The molecule has 1 aromatic heterocycles. The van der Waals surface area contributed by atoms with Crippen molar-refractivity contribution in [1.82, 2.24) is 10.1 Å². The van der Waals surface area contributed by atoms with E-state index in [9.17, 15) is 0 Å². The second-order valence-electron chi connectivity index (χ2n) is 6.73. The van der Waals surface area contributed by atoms with Crippen LogP contribution in [0.3, 0.4) is 0 Å². The van der Waals surface area contributed by atoms with Gasteiger partial charge in [-0.2, -0.15) is 0 Å². The van der Waals surface area contributed by atoms with E-state index >= 15 is 0 Å². The van der Waals surface area contributed by atoms with Crippen molar-refractivity contribution in [2.24, 2.45) is 0 Å². The first-order valence-corrected chi connectivity index (χ1v) is 8.98. The quantitative estimate of drug-likeness (QED) is 0.479. The molecule has 0 amide bonds. The normalized spacial score (nSPS) is 11.2. The predicted octanol–water partition coefficient (Wildman–Crippen LogP) is 5.14. The smallest absolute Gasteiger partial charge is 0.151 e. The third-order valence-electron chi connectivity index (χ3n) is 4.63. The van der Waals surface area contributed by atoms with E-state index < -0.39 is 0 Å². The van der Waals surface area contributed by atoms with Gasteiger partial charge in [-0.05, 0) is 41.6 Å². The van der Waals surface area contributed by atoms with Gasteiger partial charge in [-0.1, -0.05) is 53.7 Å². The lowest BCUT2D eigenvalue weighted by atomic mass is 10.1. The number of benzene rings is 3. The Labute approximate surface area is 159 Å². The molecule has 0 aliphatic heterocycles. The summed E-state index contributed by atoms with van der Waals surface area (Å²) in [5.41, 5.74) is 3.01. The molecule has 27 heavy (non-hydrogen) atoms. The van der Waals surface area contributed by atoms with Crippen LogP contribution in [0.15, 0.2) is 77.3 Å². The summed E-state index contributed by atoms with van der Waals surface area (Å²) in [6.45, 7) is 1.53. The first-order valence-electron chi connectivity index (χ1n) is 8.98. The van der Waals surface area contributed by atoms with E-state index in [1.54, 1.807) is 7.11 Å². The Balaban J connectivity index is 1.46. The molecule has 4 heteroatoms. The molecule has 0 saturated heterocycles. The van der Waals surface area contributed by atoms with Crippen molar-refractivity contribution < 1.29 is 9.26 Å². The predicted molar refractivity (Wildman–Crippen MR) is 108 cm³/mol. The number of hydrogen-bond donors (Lipinski definition) is 0. The SMILES string of the molecule is COc1ccccc1-c1cc(CN(C)Cc2ccc3ccccc3c2)on1. The lowest BCUT2D eigenvalue weighted by Gasteiger charge is -2.15. The van der Waals surface area contributed by atoms with Crippen LogP contribution in [0, 0.1) is 0 Å². The van der Waals surface area contributed by atoms with Crippen LogP contribution >= 0.6 is 0 Å². The van der Waals surface area contributed by atoms with Gasteiger partial charge < -0.3 is 9.26 Å². The van der Waals surface area contributed by atoms with E-state index in [2.05, 4.69) is 59.6 Å². The number of methoxy groups -OCH3 is 1. The molecule has 0 unspecified atom stereocenters. The molecule has 3 aromatic carbocycles. The van der Waals surface area contributed by atoms with Gasteiger partial charge in [0.1, 0.15) is 11.4 Å². The van der Waals surface area contributed by atoms with Gasteiger partial charge in [0, 0.05) is 18.2 Å². The summed E-state index contributed by atoms with van der Waals surface area (Å²) in [5, 5.41) is 6.74. The number of ether oxygens (including phenoxy) is 1. The van der Waals surface area contributed by atoms with Crippen molar-refractivity contribution >= 4 is 10.8 Å². The Hall–Kier alpha value is -3.11. The molecule has 1 heterocycles. The highest BCUT2D eigenvalue weighted by atomic mass is 16.5. The zero-order valence-corrected chi connectivity index (χ0v) is 15.6. The molecule has 0 fully saturated rings. The van der Waals surface area contributed by atoms with Gasteiger partial charge >= 0.3 is 0 Å². The van der Waals surface area contributed by atoms with Gasteiger partial charge in [0.05, 0.1) is 13.7 Å². The minimum Gasteiger partial charge on any atom is -0.496 e. The highest BCUT2D eigenvalue weighted by molar-refractivity contribution is 5.82. The molecule has 0 radical (unpaired) electrons. The van der Waals surface area contributed by atoms with Gasteiger partial charge in [-0.15, -0.1) is 0 Å². The second kappa shape index (κ2) is 7.64. The van der Waals surface area contributed by atoms with Crippen molar-refractivity contribution in [3.63, 3.8) is 0 Å². The maximum Gasteiger partial charge on any atom is 0.151 e. The molecule has 4 rings (SSSR count). The second-order valence-corrected chi connectivity index (χ2v) is 6.73. The number of rotatable bonds is 6. The fraction of sp³-hybridized carbons (Fsp3) is 0.174. The average Bonchev–Trinajstić information content (AvgIpc) is 3.16.